The molecule has 0 aliphatic carbocycles. The molecule has 3 rings (SSSR count). The summed E-state index contributed by atoms with van der Waals surface area (Å²) in [5, 5.41) is 2.22. The van der Waals surface area contributed by atoms with E-state index in [1.165, 1.54) is 6.92 Å². The second-order valence-electron chi connectivity index (χ2n) is 6.75. The minimum absolute atomic E-state index is 0.0286. The molecule has 1 aliphatic heterocycles. The lowest BCUT2D eigenvalue weighted by Crippen LogP contribution is -2.50. The van der Waals surface area contributed by atoms with Gasteiger partial charge in [-0.2, -0.15) is 4.31 Å². The number of anilines is 1. The number of esters is 1. The largest absolute Gasteiger partial charge is 0.454 e. The van der Waals surface area contributed by atoms with Gasteiger partial charge in [0.05, 0.1) is 5.75 Å². The summed E-state index contributed by atoms with van der Waals surface area (Å²) in [4.78, 5) is 24.6. The number of carbonyl (C=O) groups is 2. The van der Waals surface area contributed by atoms with Crippen molar-refractivity contribution in [1.82, 2.24) is 4.31 Å². The lowest BCUT2D eigenvalue weighted by Gasteiger charge is -2.34. The average molecular weight is 438 g/mol. The molecule has 0 radical (unpaired) electrons. The summed E-state index contributed by atoms with van der Waals surface area (Å²) in [6.45, 7) is 0.778. The first-order valence-electron chi connectivity index (χ1n) is 9.18. The fraction of sp³-hybridized carbons (Fsp3) is 0.300. The summed E-state index contributed by atoms with van der Waals surface area (Å²) < 4.78 is 57.5. The van der Waals surface area contributed by atoms with Gasteiger partial charge < -0.3 is 10.1 Å². The Morgan fingerprint density at radius 3 is 2.40 bits per heavy atom. The Kier molecular flexibility index (Phi) is 6.47. The van der Waals surface area contributed by atoms with Crippen LogP contribution in [0.4, 0.5) is 14.5 Å². The van der Waals surface area contributed by atoms with Gasteiger partial charge in [-0.3, -0.25) is 9.59 Å². The first-order valence-corrected chi connectivity index (χ1v) is 10.8. The van der Waals surface area contributed by atoms with Gasteiger partial charge in [0.2, 0.25) is 10.0 Å². The molecule has 10 heteroatoms. The van der Waals surface area contributed by atoms with E-state index in [0.29, 0.717) is 6.07 Å². The highest BCUT2D eigenvalue weighted by atomic mass is 32.2. The van der Waals surface area contributed by atoms with E-state index in [0.717, 1.165) is 27.6 Å². The van der Waals surface area contributed by atoms with Crippen LogP contribution in [0.5, 0.6) is 0 Å². The topological polar surface area (TPSA) is 92.8 Å². The number of amides is 1. The quantitative estimate of drug-likeness (QED) is 0.699. The fourth-order valence-electron chi connectivity index (χ4n) is 3.21. The van der Waals surface area contributed by atoms with Gasteiger partial charge in [0, 0.05) is 24.7 Å². The van der Waals surface area contributed by atoms with Gasteiger partial charge >= 0.3 is 5.97 Å². The minimum Gasteiger partial charge on any atom is -0.454 e. The molecule has 160 valence electrons. The Morgan fingerprint density at radius 1 is 1.13 bits per heavy atom. The van der Waals surface area contributed by atoms with E-state index in [-0.39, 0.29) is 24.4 Å². The number of nitrogens with one attached hydrogen (secondary N) is 1. The van der Waals surface area contributed by atoms with Crippen LogP contribution in [0.25, 0.3) is 0 Å². The Hall–Kier alpha value is -2.85. The van der Waals surface area contributed by atoms with E-state index < -0.39 is 46.2 Å². The van der Waals surface area contributed by atoms with Crippen molar-refractivity contribution in [3.63, 3.8) is 0 Å². The normalized spacial score (nSPS) is 16.6. The predicted octanol–water partition coefficient (Wildman–Crippen LogP) is 2.22. The molecule has 0 saturated heterocycles. The zero-order chi connectivity index (χ0) is 21.9. The number of sulfonamides is 1. The summed E-state index contributed by atoms with van der Waals surface area (Å²) in [6, 6.07) is 8.54. The molecule has 7 nitrogen and oxygen atoms in total. The van der Waals surface area contributed by atoms with Gasteiger partial charge in [0.25, 0.3) is 5.91 Å². The third-order valence-corrected chi connectivity index (χ3v) is 6.52. The maximum Gasteiger partial charge on any atom is 0.325 e. The van der Waals surface area contributed by atoms with E-state index in [4.69, 9.17) is 4.74 Å². The average Bonchev–Trinajstić information content (AvgIpc) is 2.70. The first-order chi connectivity index (χ1) is 14.2. The number of ether oxygens (including phenoxy) is 1. The van der Waals surface area contributed by atoms with Crippen LogP contribution in [0.2, 0.25) is 0 Å². The molecule has 0 aromatic heterocycles. The summed E-state index contributed by atoms with van der Waals surface area (Å²) >= 11 is 0. The highest BCUT2D eigenvalue weighted by molar-refractivity contribution is 7.89. The van der Waals surface area contributed by atoms with E-state index in [2.05, 4.69) is 5.32 Å². The molecule has 2 aromatic carbocycles. The van der Waals surface area contributed by atoms with Crippen molar-refractivity contribution in [1.29, 1.82) is 0 Å². The van der Waals surface area contributed by atoms with Crippen LogP contribution in [-0.2, 0) is 37.3 Å². The molecular weight excluding hydrogens is 418 g/mol. The summed E-state index contributed by atoms with van der Waals surface area (Å²) in [5.74, 6) is -3.62. The Morgan fingerprint density at radius 2 is 1.77 bits per heavy atom. The van der Waals surface area contributed by atoms with E-state index >= 15 is 0 Å². The number of halogens is 2. The van der Waals surface area contributed by atoms with Crippen LogP contribution >= 0.6 is 0 Å². The SMILES string of the molecule is CCS(=O)(=O)N1Cc2ccccc2C[C@@H]1C(=O)OCC(=O)Nc1cc(F)cc(F)c1. The molecule has 0 saturated carbocycles. The smallest absolute Gasteiger partial charge is 0.325 e. The molecule has 0 fully saturated rings. The third kappa shape index (κ3) is 5.00. The highest BCUT2D eigenvalue weighted by Gasteiger charge is 2.39. The van der Waals surface area contributed by atoms with Crippen LogP contribution in [-0.4, -0.2) is 43.0 Å². The number of rotatable bonds is 6. The van der Waals surface area contributed by atoms with Gasteiger partial charge in [-0.05, 0) is 30.2 Å². The van der Waals surface area contributed by atoms with Crippen LogP contribution in [0, 0.1) is 11.6 Å². The predicted molar refractivity (Wildman–Crippen MR) is 105 cm³/mol. The number of nitrogens with zero attached hydrogens (tertiary/aromatic N) is 1. The van der Waals surface area contributed by atoms with Crippen LogP contribution < -0.4 is 5.32 Å². The molecule has 1 amide bonds. The second kappa shape index (κ2) is 8.88. The third-order valence-electron chi connectivity index (χ3n) is 4.69. The van der Waals surface area contributed by atoms with Gasteiger partial charge in [-0.25, -0.2) is 17.2 Å². The molecule has 0 unspecified atom stereocenters. The minimum atomic E-state index is -3.71. The maximum atomic E-state index is 13.2. The van der Waals surface area contributed by atoms with Crippen LogP contribution in [0.15, 0.2) is 42.5 Å². The summed E-state index contributed by atoms with van der Waals surface area (Å²) in [7, 11) is -3.71. The highest BCUT2D eigenvalue weighted by Crippen LogP contribution is 2.26. The second-order valence-corrected chi connectivity index (χ2v) is 8.96. The van der Waals surface area contributed by atoms with Gasteiger partial charge in [-0.15, -0.1) is 0 Å². The van der Waals surface area contributed by atoms with Gasteiger partial charge in [-0.1, -0.05) is 24.3 Å². The molecule has 0 bridgehead atoms. The van der Waals surface area contributed by atoms with Gasteiger partial charge in [0.1, 0.15) is 17.7 Å². The molecule has 1 atom stereocenters. The molecular formula is C20H20F2N2O5S. The lowest BCUT2D eigenvalue weighted by molar-refractivity contribution is -0.151. The summed E-state index contributed by atoms with van der Waals surface area (Å²) in [5.41, 5.74) is 1.49. The van der Waals surface area contributed by atoms with Crippen molar-refractivity contribution >= 4 is 27.6 Å². The Bertz CT molecular complexity index is 1050. The lowest BCUT2D eigenvalue weighted by atomic mass is 9.96. The van der Waals surface area contributed by atoms with E-state index in [9.17, 15) is 26.8 Å². The molecule has 1 aliphatic rings. The molecule has 2 aromatic rings. The molecule has 30 heavy (non-hydrogen) atoms. The Balaban J connectivity index is 1.70. The molecule has 0 spiro atoms. The van der Waals surface area contributed by atoms with Crippen molar-refractivity contribution in [2.24, 2.45) is 0 Å². The van der Waals surface area contributed by atoms with Crippen LogP contribution in [0.3, 0.4) is 0 Å². The number of carbonyl (C=O) groups excluding carboxylic acids is 2. The monoisotopic (exact) mass is 438 g/mol. The Labute approximate surface area is 172 Å². The fourth-order valence-corrected chi connectivity index (χ4v) is 4.43. The number of fused-ring (bicyclic) bond motifs is 1. The standard InChI is InChI=1S/C20H20F2N2O5S/c1-2-30(27,28)24-11-14-6-4-3-5-13(14)7-18(24)20(26)29-12-19(25)23-17-9-15(21)8-16(22)10-17/h3-6,8-10,18H,2,7,11-12H2,1H3,(H,23,25)/t18-/m1/s1. The summed E-state index contributed by atoms with van der Waals surface area (Å²) in [6.07, 6.45) is 0.116. The van der Waals surface area contributed by atoms with Crippen molar-refractivity contribution in [3.8, 4) is 0 Å². The van der Waals surface area contributed by atoms with E-state index in [1.54, 1.807) is 24.3 Å². The molecule has 1 heterocycles. The number of benzene rings is 2. The number of hydrogen-bond donors (Lipinski definition) is 1. The maximum absolute atomic E-state index is 13.2. The van der Waals surface area contributed by atoms with Crippen LogP contribution in [0.1, 0.15) is 18.1 Å². The van der Waals surface area contributed by atoms with Gasteiger partial charge in [0.15, 0.2) is 6.61 Å². The molecule has 1 N–H and O–H groups in total. The zero-order valence-electron chi connectivity index (χ0n) is 16.1. The first kappa shape index (κ1) is 21.8. The zero-order valence-corrected chi connectivity index (χ0v) is 16.9. The number of hydrogen-bond acceptors (Lipinski definition) is 5. The van der Waals surface area contributed by atoms with Crippen molar-refractivity contribution < 1.29 is 31.5 Å². The van der Waals surface area contributed by atoms with E-state index in [1.807, 2.05) is 0 Å². The van der Waals surface area contributed by atoms with Crippen molar-refractivity contribution in [3.05, 3.63) is 65.2 Å². The van der Waals surface area contributed by atoms with Crippen molar-refractivity contribution in [2.45, 2.75) is 25.9 Å². The van der Waals surface area contributed by atoms with Crippen molar-refractivity contribution in [2.75, 3.05) is 17.7 Å².